The van der Waals surface area contributed by atoms with Gasteiger partial charge in [-0.1, -0.05) is 26.2 Å². The number of nitrogens with one attached hydrogen (secondary N) is 1. The monoisotopic (exact) mass is 268 g/mol. The maximum absolute atomic E-state index is 12.0. The van der Waals surface area contributed by atoms with Crippen molar-refractivity contribution in [2.45, 2.75) is 45.4 Å². The third-order valence-electron chi connectivity index (χ3n) is 4.55. The predicted octanol–water partition coefficient (Wildman–Crippen LogP) is 2.07. The SMILES string of the molecule is CC1(CNC(=O)N2CCC(C(=O)O)C2)CCCCC1. The summed E-state index contributed by atoms with van der Waals surface area (Å²) in [6.45, 7) is 3.84. The average molecular weight is 268 g/mol. The van der Waals surface area contributed by atoms with Crippen LogP contribution < -0.4 is 5.32 Å². The van der Waals surface area contributed by atoms with Crippen molar-refractivity contribution in [1.29, 1.82) is 0 Å². The molecule has 1 aliphatic heterocycles. The van der Waals surface area contributed by atoms with Gasteiger partial charge in [0.15, 0.2) is 0 Å². The van der Waals surface area contributed by atoms with E-state index >= 15 is 0 Å². The molecule has 1 saturated carbocycles. The number of hydrogen-bond donors (Lipinski definition) is 2. The van der Waals surface area contributed by atoms with Gasteiger partial charge in [0.2, 0.25) is 0 Å². The van der Waals surface area contributed by atoms with Crippen molar-refractivity contribution in [2.75, 3.05) is 19.6 Å². The summed E-state index contributed by atoms with van der Waals surface area (Å²) in [6.07, 6.45) is 6.71. The van der Waals surface area contributed by atoms with Crippen LogP contribution in [0.4, 0.5) is 4.79 Å². The van der Waals surface area contributed by atoms with Crippen LogP contribution in [0, 0.1) is 11.3 Å². The number of aliphatic carboxylic acids is 1. The van der Waals surface area contributed by atoms with Crippen molar-refractivity contribution in [3.8, 4) is 0 Å². The van der Waals surface area contributed by atoms with E-state index in [1.54, 1.807) is 4.90 Å². The molecule has 108 valence electrons. The van der Waals surface area contributed by atoms with Gasteiger partial charge in [-0.15, -0.1) is 0 Å². The van der Waals surface area contributed by atoms with E-state index < -0.39 is 11.9 Å². The molecule has 0 aromatic rings. The van der Waals surface area contributed by atoms with Crippen LogP contribution in [0.5, 0.6) is 0 Å². The molecular formula is C14H24N2O3. The van der Waals surface area contributed by atoms with E-state index in [4.69, 9.17) is 5.11 Å². The highest BCUT2D eigenvalue weighted by molar-refractivity contribution is 5.77. The molecule has 0 aromatic heterocycles. The summed E-state index contributed by atoms with van der Waals surface area (Å²) >= 11 is 0. The second kappa shape index (κ2) is 5.80. The molecular weight excluding hydrogens is 244 g/mol. The Kier molecular flexibility index (Phi) is 4.32. The number of likely N-dealkylation sites (tertiary alicyclic amines) is 1. The molecule has 0 bridgehead atoms. The number of rotatable bonds is 3. The first-order valence-electron chi connectivity index (χ1n) is 7.26. The lowest BCUT2D eigenvalue weighted by molar-refractivity contribution is -0.141. The largest absolute Gasteiger partial charge is 0.481 e. The van der Waals surface area contributed by atoms with Crippen molar-refractivity contribution >= 4 is 12.0 Å². The average Bonchev–Trinajstić information content (AvgIpc) is 2.87. The Bertz CT molecular complexity index is 351. The summed E-state index contributed by atoms with van der Waals surface area (Å²) in [5, 5.41) is 11.9. The molecule has 1 aliphatic carbocycles. The molecule has 1 saturated heterocycles. The standard InChI is InChI=1S/C14H24N2O3/c1-14(6-3-2-4-7-14)10-15-13(19)16-8-5-11(9-16)12(17)18/h11H,2-10H2,1H3,(H,15,19)(H,17,18). The molecule has 1 atom stereocenters. The minimum atomic E-state index is -0.797. The predicted molar refractivity (Wildman–Crippen MR) is 71.9 cm³/mol. The number of carbonyl (C=O) groups excluding carboxylic acids is 1. The van der Waals surface area contributed by atoms with Gasteiger partial charge in [-0.25, -0.2) is 4.79 Å². The van der Waals surface area contributed by atoms with Crippen molar-refractivity contribution in [3.63, 3.8) is 0 Å². The maximum Gasteiger partial charge on any atom is 0.317 e. The van der Waals surface area contributed by atoms with E-state index in [2.05, 4.69) is 12.2 Å². The number of carboxylic acids is 1. The molecule has 1 unspecified atom stereocenters. The molecule has 5 heteroatoms. The smallest absolute Gasteiger partial charge is 0.317 e. The summed E-state index contributed by atoms with van der Waals surface area (Å²) in [5.74, 6) is -1.19. The fraction of sp³-hybridized carbons (Fsp3) is 0.857. The van der Waals surface area contributed by atoms with Crippen LogP contribution in [0.15, 0.2) is 0 Å². The van der Waals surface area contributed by atoms with Gasteiger partial charge in [0.25, 0.3) is 0 Å². The summed E-state index contributed by atoms with van der Waals surface area (Å²) in [6, 6.07) is -0.101. The normalized spacial score (nSPS) is 26.2. The van der Waals surface area contributed by atoms with Gasteiger partial charge in [0, 0.05) is 19.6 Å². The second-order valence-electron chi connectivity index (χ2n) is 6.30. The number of carboxylic acid groups (broad SMARTS) is 1. The Labute approximate surface area is 114 Å². The van der Waals surface area contributed by atoms with Gasteiger partial charge in [0.05, 0.1) is 5.92 Å². The molecule has 0 spiro atoms. The van der Waals surface area contributed by atoms with Crippen LogP contribution in [0.25, 0.3) is 0 Å². The topological polar surface area (TPSA) is 69.6 Å². The molecule has 1 heterocycles. The fourth-order valence-corrected chi connectivity index (χ4v) is 3.13. The lowest BCUT2D eigenvalue weighted by Crippen LogP contribution is -2.44. The van der Waals surface area contributed by atoms with Crippen molar-refractivity contribution < 1.29 is 14.7 Å². The molecule has 2 aliphatic rings. The van der Waals surface area contributed by atoms with E-state index in [0.29, 0.717) is 26.1 Å². The van der Waals surface area contributed by atoms with Crippen LogP contribution >= 0.6 is 0 Å². The van der Waals surface area contributed by atoms with Gasteiger partial charge >= 0.3 is 12.0 Å². The minimum absolute atomic E-state index is 0.101. The first-order chi connectivity index (χ1) is 9.00. The summed E-state index contributed by atoms with van der Waals surface area (Å²) in [4.78, 5) is 24.5. The summed E-state index contributed by atoms with van der Waals surface area (Å²) in [7, 11) is 0. The van der Waals surface area contributed by atoms with Crippen molar-refractivity contribution in [1.82, 2.24) is 10.2 Å². The zero-order valence-corrected chi connectivity index (χ0v) is 11.7. The van der Waals surface area contributed by atoms with E-state index in [9.17, 15) is 9.59 Å². The van der Waals surface area contributed by atoms with Crippen molar-refractivity contribution in [3.05, 3.63) is 0 Å². The Morgan fingerprint density at radius 3 is 2.58 bits per heavy atom. The van der Waals surface area contributed by atoms with Gasteiger partial charge in [-0.2, -0.15) is 0 Å². The second-order valence-corrected chi connectivity index (χ2v) is 6.30. The minimum Gasteiger partial charge on any atom is -0.481 e. The fourth-order valence-electron chi connectivity index (χ4n) is 3.13. The van der Waals surface area contributed by atoms with Gasteiger partial charge in [0.1, 0.15) is 0 Å². The lowest BCUT2D eigenvalue weighted by atomic mass is 9.76. The van der Waals surface area contributed by atoms with Gasteiger partial charge in [-0.3, -0.25) is 4.79 Å². The number of urea groups is 1. The highest BCUT2D eigenvalue weighted by Crippen LogP contribution is 2.35. The Balaban J connectivity index is 1.77. The Hall–Kier alpha value is -1.26. The van der Waals surface area contributed by atoms with Crippen molar-refractivity contribution in [2.24, 2.45) is 11.3 Å². The molecule has 2 fully saturated rings. The number of carbonyl (C=O) groups is 2. The first-order valence-corrected chi connectivity index (χ1v) is 7.26. The van der Waals surface area contributed by atoms with Crippen LogP contribution in [-0.2, 0) is 4.79 Å². The zero-order valence-electron chi connectivity index (χ0n) is 11.7. The van der Waals surface area contributed by atoms with E-state index in [-0.39, 0.29) is 11.4 Å². The zero-order chi connectivity index (χ0) is 13.9. The maximum atomic E-state index is 12.0. The highest BCUT2D eigenvalue weighted by atomic mass is 16.4. The molecule has 5 nitrogen and oxygen atoms in total. The van der Waals surface area contributed by atoms with Gasteiger partial charge in [-0.05, 0) is 24.7 Å². The lowest BCUT2D eigenvalue weighted by Gasteiger charge is -2.34. The molecule has 2 amide bonds. The van der Waals surface area contributed by atoms with E-state index in [1.807, 2.05) is 0 Å². The molecule has 2 rings (SSSR count). The summed E-state index contributed by atoms with van der Waals surface area (Å²) in [5.41, 5.74) is 0.222. The number of hydrogen-bond acceptors (Lipinski definition) is 2. The van der Waals surface area contributed by atoms with E-state index in [0.717, 1.165) is 0 Å². The quantitative estimate of drug-likeness (QED) is 0.823. The Morgan fingerprint density at radius 2 is 2.00 bits per heavy atom. The first kappa shape index (κ1) is 14.2. The van der Waals surface area contributed by atoms with Crippen LogP contribution in [0.3, 0.4) is 0 Å². The number of nitrogens with zero attached hydrogens (tertiary/aromatic N) is 1. The molecule has 0 aromatic carbocycles. The molecule has 0 radical (unpaired) electrons. The Morgan fingerprint density at radius 1 is 1.32 bits per heavy atom. The van der Waals surface area contributed by atoms with Crippen LogP contribution in [0.2, 0.25) is 0 Å². The van der Waals surface area contributed by atoms with Gasteiger partial charge < -0.3 is 15.3 Å². The highest BCUT2D eigenvalue weighted by Gasteiger charge is 2.32. The summed E-state index contributed by atoms with van der Waals surface area (Å²) < 4.78 is 0. The van der Waals surface area contributed by atoms with Crippen LogP contribution in [0.1, 0.15) is 45.4 Å². The van der Waals surface area contributed by atoms with E-state index in [1.165, 1.54) is 32.1 Å². The van der Waals surface area contributed by atoms with Crippen LogP contribution in [-0.4, -0.2) is 41.6 Å². The number of amides is 2. The third kappa shape index (κ3) is 3.61. The molecule has 2 N–H and O–H groups in total. The molecule has 19 heavy (non-hydrogen) atoms. The third-order valence-corrected chi connectivity index (χ3v) is 4.55.